The molecule has 5 heteroatoms. The molecule has 0 saturated carbocycles. The molecule has 21 heavy (non-hydrogen) atoms. The fraction of sp³-hybridized carbons (Fsp3) is 0.562. The Kier molecular flexibility index (Phi) is 5.44. The summed E-state index contributed by atoms with van der Waals surface area (Å²) in [6.45, 7) is 5.66. The molecule has 0 amide bonds. The highest BCUT2D eigenvalue weighted by atomic mass is 16.5. The summed E-state index contributed by atoms with van der Waals surface area (Å²) in [5, 5.41) is 3.50. The number of benzene rings is 1. The van der Waals surface area contributed by atoms with Gasteiger partial charge < -0.3 is 20.7 Å². The highest BCUT2D eigenvalue weighted by Gasteiger charge is 2.19. The van der Waals surface area contributed by atoms with Crippen molar-refractivity contribution >= 4 is 17.3 Å². The number of methoxy groups -OCH3 is 1. The zero-order valence-electron chi connectivity index (χ0n) is 12.9. The molecular formula is C16H25N3O2. The molecule has 1 aliphatic heterocycles. The SMILES string of the molecule is CCCN1CCC(Nc2ccc(N)c(C(=O)OC)c2)CC1. The van der Waals surface area contributed by atoms with Crippen LogP contribution in [0.5, 0.6) is 0 Å². The van der Waals surface area contributed by atoms with E-state index in [-0.39, 0.29) is 0 Å². The summed E-state index contributed by atoms with van der Waals surface area (Å²) in [6.07, 6.45) is 3.45. The largest absolute Gasteiger partial charge is 0.465 e. The van der Waals surface area contributed by atoms with Crippen LogP contribution in [0.4, 0.5) is 11.4 Å². The summed E-state index contributed by atoms with van der Waals surface area (Å²) in [7, 11) is 1.37. The van der Waals surface area contributed by atoms with E-state index in [1.54, 1.807) is 12.1 Å². The average Bonchev–Trinajstić information content (AvgIpc) is 2.50. The summed E-state index contributed by atoms with van der Waals surface area (Å²) >= 11 is 0. The molecule has 0 aliphatic carbocycles. The lowest BCUT2D eigenvalue weighted by Gasteiger charge is -2.32. The lowest BCUT2D eigenvalue weighted by molar-refractivity contribution is 0.0602. The van der Waals surface area contributed by atoms with E-state index in [4.69, 9.17) is 10.5 Å². The van der Waals surface area contributed by atoms with E-state index in [0.29, 0.717) is 17.3 Å². The molecule has 1 aromatic rings. The highest BCUT2D eigenvalue weighted by Crippen LogP contribution is 2.22. The summed E-state index contributed by atoms with van der Waals surface area (Å²) in [6, 6.07) is 5.90. The van der Waals surface area contributed by atoms with E-state index in [9.17, 15) is 4.79 Å². The molecule has 1 saturated heterocycles. The van der Waals surface area contributed by atoms with Crippen LogP contribution in [0.25, 0.3) is 0 Å². The molecular weight excluding hydrogens is 266 g/mol. The third-order valence-electron chi connectivity index (χ3n) is 3.96. The van der Waals surface area contributed by atoms with Gasteiger partial charge in [-0.05, 0) is 44.0 Å². The normalized spacial score (nSPS) is 16.7. The number of nitrogens with two attached hydrogens (primary N) is 1. The van der Waals surface area contributed by atoms with E-state index in [0.717, 1.165) is 31.6 Å². The van der Waals surface area contributed by atoms with Gasteiger partial charge >= 0.3 is 5.97 Å². The second-order valence-electron chi connectivity index (χ2n) is 5.55. The molecule has 0 aromatic heterocycles. The number of rotatable bonds is 5. The molecule has 0 spiro atoms. The number of nitrogen functional groups attached to an aromatic ring is 1. The Labute approximate surface area is 126 Å². The van der Waals surface area contributed by atoms with Gasteiger partial charge in [-0.3, -0.25) is 0 Å². The Morgan fingerprint density at radius 3 is 2.76 bits per heavy atom. The minimum atomic E-state index is -0.395. The molecule has 2 rings (SSSR count). The number of ether oxygens (including phenoxy) is 1. The fourth-order valence-electron chi connectivity index (χ4n) is 2.79. The highest BCUT2D eigenvalue weighted by molar-refractivity contribution is 5.96. The minimum absolute atomic E-state index is 0.395. The van der Waals surface area contributed by atoms with E-state index >= 15 is 0 Å². The maximum Gasteiger partial charge on any atom is 0.340 e. The number of anilines is 2. The summed E-state index contributed by atoms with van der Waals surface area (Å²) in [5.74, 6) is -0.395. The first-order valence-electron chi connectivity index (χ1n) is 7.60. The van der Waals surface area contributed by atoms with Gasteiger partial charge in [0.2, 0.25) is 0 Å². The molecule has 0 unspecified atom stereocenters. The molecule has 1 heterocycles. The zero-order chi connectivity index (χ0) is 15.2. The van der Waals surface area contributed by atoms with Crippen molar-refractivity contribution in [1.29, 1.82) is 0 Å². The maximum atomic E-state index is 11.7. The summed E-state index contributed by atoms with van der Waals surface area (Å²) < 4.78 is 4.75. The van der Waals surface area contributed by atoms with Gasteiger partial charge in [-0.2, -0.15) is 0 Å². The van der Waals surface area contributed by atoms with Crippen LogP contribution in [-0.4, -0.2) is 43.7 Å². The smallest absolute Gasteiger partial charge is 0.340 e. The molecule has 0 atom stereocenters. The fourth-order valence-corrected chi connectivity index (χ4v) is 2.79. The van der Waals surface area contributed by atoms with Crippen molar-refractivity contribution in [3.05, 3.63) is 23.8 Å². The van der Waals surface area contributed by atoms with Gasteiger partial charge in [0, 0.05) is 30.5 Å². The van der Waals surface area contributed by atoms with Crippen molar-refractivity contribution < 1.29 is 9.53 Å². The Balaban J connectivity index is 1.96. The maximum absolute atomic E-state index is 11.7. The quantitative estimate of drug-likeness (QED) is 0.644. The summed E-state index contributed by atoms with van der Waals surface area (Å²) in [4.78, 5) is 14.2. The molecule has 116 valence electrons. The summed E-state index contributed by atoms with van der Waals surface area (Å²) in [5.41, 5.74) is 7.62. The number of carbonyl (C=O) groups excluding carboxylic acids is 1. The lowest BCUT2D eigenvalue weighted by atomic mass is 10.0. The number of piperidine rings is 1. The zero-order valence-corrected chi connectivity index (χ0v) is 12.9. The first-order valence-corrected chi connectivity index (χ1v) is 7.60. The van der Waals surface area contributed by atoms with Crippen LogP contribution in [0, 0.1) is 0 Å². The number of hydrogen-bond acceptors (Lipinski definition) is 5. The van der Waals surface area contributed by atoms with Crippen molar-refractivity contribution in [2.75, 3.05) is 37.8 Å². The predicted molar refractivity (Wildman–Crippen MR) is 85.6 cm³/mol. The monoisotopic (exact) mass is 291 g/mol. The molecule has 0 bridgehead atoms. The van der Waals surface area contributed by atoms with Crippen molar-refractivity contribution in [3.63, 3.8) is 0 Å². The topological polar surface area (TPSA) is 67.6 Å². The number of hydrogen-bond donors (Lipinski definition) is 2. The van der Waals surface area contributed by atoms with Gasteiger partial charge in [0.25, 0.3) is 0 Å². The van der Waals surface area contributed by atoms with E-state index in [1.807, 2.05) is 6.07 Å². The van der Waals surface area contributed by atoms with Gasteiger partial charge in [0.1, 0.15) is 0 Å². The number of likely N-dealkylation sites (tertiary alicyclic amines) is 1. The Morgan fingerprint density at radius 1 is 1.43 bits per heavy atom. The Hall–Kier alpha value is -1.75. The van der Waals surface area contributed by atoms with Gasteiger partial charge in [0.05, 0.1) is 12.7 Å². The van der Waals surface area contributed by atoms with Crippen LogP contribution in [-0.2, 0) is 4.74 Å². The first kappa shape index (κ1) is 15.6. The van der Waals surface area contributed by atoms with E-state index in [2.05, 4.69) is 17.1 Å². The lowest BCUT2D eigenvalue weighted by Crippen LogP contribution is -2.39. The Bertz CT molecular complexity index is 482. The predicted octanol–water partition coefficient (Wildman–Crippen LogP) is 2.34. The molecule has 1 aliphatic rings. The molecule has 3 N–H and O–H groups in total. The third-order valence-corrected chi connectivity index (χ3v) is 3.96. The van der Waals surface area contributed by atoms with E-state index in [1.165, 1.54) is 20.1 Å². The van der Waals surface area contributed by atoms with Crippen molar-refractivity contribution in [2.45, 2.75) is 32.2 Å². The second kappa shape index (κ2) is 7.31. The van der Waals surface area contributed by atoms with Gasteiger partial charge in [-0.25, -0.2) is 4.79 Å². The van der Waals surface area contributed by atoms with Crippen LogP contribution in [0.15, 0.2) is 18.2 Å². The minimum Gasteiger partial charge on any atom is -0.465 e. The van der Waals surface area contributed by atoms with Crippen molar-refractivity contribution in [2.24, 2.45) is 0 Å². The molecule has 0 radical (unpaired) electrons. The second-order valence-corrected chi connectivity index (χ2v) is 5.55. The van der Waals surface area contributed by atoms with Crippen molar-refractivity contribution in [1.82, 2.24) is 4.90 Å². The average molecular weight is 291 g/mol. The number of nitrogens with zero attached hydrogens (tertiary/aromatic N) is 1. The van der Waals surface area contributed by atoms with Gasteiger partial charge in [-0.1, -0.05) is 6.92 Å². The number of carbonyl (C=O) groups is 1. The number of nitrogens with one attached hydrogen (secondary N) is 1. The molecule has 1 fully saturated rings. The van der Waals surface area contributed by atoms with Crippen LogP contribution in [0.2, 0.25) is 0 Å². The Morgan fingerprint density at radius 2 is 2.14 bits per heavy atom. The third kappa shape index (κ3) is 4.11. The van der Waals surface area contributed by atoms with Gasteiger partial charge in [-0.15, -0.1) is 0 Å². The van der Waals surface area contributed by atoms with Crippen LogP contribution in [0.3, 0.4) is 0 Å². The van der Waals surface area contributed by atoms with Gasteiger partial charge in [0.15, 0.2) is 0 Å². The standard InChI is InChI=1S/C16H25N3O2/c1-3-8-19-9-6-12(7-10-19)18-13-4-5-15(17)14(11-13)16(20)21-2/h4-5,11-12,18H,3,6-10,17H2,1-2H3. The molecule has 5 nitrogen and oxygen atoms in total. The van der Waals surface area contributed by atoms with E-state index < -0.39 is 5.97 Å². The van der Waals surface area contributed by atoms with Crippen LogP contribution < -0.4 is 11.1 Å². The van der Waals surface area contributed by atoms with Crippen LogP contribution >= 0.6 is 0 Å². The first-order chi connectivity index (χ1) is 10.1. The number of esters is 1. The van der Waals surface area contributed by atoms with Crippen molar-refractivity contribution in [3.8, 4) is 0 Å². The van der Waals surface area contributed by atoms with Crippen LogP contribution in [0.1, 0.15) is 36.5 Å². The molecule has 1 aromatic carbocycles.